The summed E-state index contributed by atoms with van der Waals surface area (Å²) in [7, 11) is 1.62. The number of benzene rings is 1. The topological polar surface area (TPSA) is 64.5 Å². The van der Waals surface area contributed by atoms with Crippen LogP contribution in [0.3, 0.4) is 0 Å². The molecule has 1 heterocycles. The van der Waals surface area contributed by atoms with Gasteiger partial charge in [-0.1, -0.05) is 0 Å². The third-order valence-electron chi connectivity index (χ3n) is 2.47. The summed E-state index contributed by atoms with van der Waals surface area (Å²) in [5.74, 6) is 1.95. The maximum atomic E-state index is 9.12. The quantitative estimate of drug-likeness (QED) is 0.889. The number of methoxy groups -OCH3 is 1. The normalized spacial score (nSPS) is 11.9. The molecule has 5 heteroatoms. The van der Waals surface area contributed by atoms with E-state index < -0.39 is 6.10 Å². The molecular weight excluding hydrogens is 244 g/mol. The van der Waals surface area contributed by atoms with E-state index in [4.69, 9.17) is 14.6 Å². The molecule has 1 unspecified atom stereocenters. The second-order valence-electron chi connectivity index (χ2n) is 4.13. The molecule has 1 aromatic heterocycles. The molecule has 1 aromatic carbocycles. The Hall–Kier alpha value is -2.14. The van der Waals surface area contributed by atoms with Crippen LogP contribution in [0, 0.1) is 0 Å². The highest BCUT2D eigenvalue weighted by Crippen LogP contribution is 2.19. The molecule has 0 aliphatic rings. The van der Waals surface area contributed by atoms with Crippen molar-refractivity contribution in [1.29, 1.82) is 0 Å². The van der Waals surface area contributed by atoms with Crippen LogP contribution in [0.2, 0.25) is 0 Å². The number of aromatic nitrogens is 2. The molecule has 0 radical (unpaired) electrons. The first kappa shape index (κ1) is 13.3. The molecule has 0 spiro atoms. The number of rotatable bonds is 5. The molecule has 0 aliphatic heterocycles. The summed E-state index contributed by atoms with van der Waals surface area (Å²) in [4.78, 5) is 8.45. The summed E-state index contributed by atoms with van der Waals surface area (Å²) in [6, 6.07) is 7.50. The lowest BCUT2D eigenvalue weighted by Crippen LogP contribution is -2.13. The first-order chi connectivity index (χ1) is 9.19. The lowest BCUT2D eigenvalue weighted by atomic mass is 10.2. The van der Waals surface area contributed by atoms with Gasteiger partial charge in [-0.05, 0) is 31.2 Å². The molecule has 2 rings (SSSR count). The first-order valence-electron chi connectivity index (χ1n) is 5.96. The van der Waals surface area contributed by atoms with E-state index in [1.165, 1.54) is 0 Å². The number of hydrogen-bond donors (Lipinski definition) is 1. The Kier molecular flexibility index (Phi) is 4.30. The van der Waals surface area contributed by atoms with Crippen LogP contribution in [-0.2, 0) is 0 Å². The molecular formula is C14H16N2O3. The zero-order valence-electron chi connectivity index (χ0n) is 10.9. The maximum absolute atomic E-state index is 9.12. The molecule has 0 saturated carbocycles. The van der Waals surface area contributed by atoms with Gasteiger partial charge in [-0.2, -0.15) is 0 Å². The van der Waals surface area contributed by atoms with Crippen molar-refractivity contribution in [2.24, 2.45) is 0 Å². The minimum atomic E-state index is -0.513. The van der Waals surface area contributed by atoms with E-state index in [2.05, 4.69) is 9.97 Å². The predicted octanol–water partition coefficient (Wildman–Crippen LogP) is 1.91. The fourth-order valence-corrected chi connectivity index (χ4v) is 1.50. The highest BCUT2D eigenvalue weighted by molar-refractivity contribution is 5.56. The molecule has 100 valence electrons. The van der Waals surface area contributed by atoms with Crippen molar-refractivity contribution >= 4 is 0 Å². The standard InChI is InChI=1S/C14H16N2O3/c1-10(17)9-19-13-7-15-14(16-8-13)11-3-5-12(18-2)6-4-11/h3-8,10,17H,9H2,1-2H3. The van der Waals surface area contributed by atoms with E-state index in [0.29, 0.717) is 11.6 Å². The van der Waals surface area contributed by atoms with Crippen LogP contribution < -0.4 is 9.47 Å². The summed E-state index contributed by atoms with van der Waals surface area (Å²) in [5, 5.41) is 9.12. The molecule has 0 aliphatic carbocycles. The van der Waals surface area contributed by atoms with E-state index in [1.807, 2.05) is 24.3 Å². The minimum absolute atomic E-state index is 0.227. The smallest absolute Gasteiger partial charge is 0.159 e. The zero-order valence-corrected chi connectivity index (χ0v) is 10.9. The van der Waals surface area contributed by atoms with Gasteiger partial charge in [0.1, 0.15) is 12.4 Å². The molecule has 2 aromatic rings. The number of ether oxygens (including phenoxy) is 2. The van der Waals surface area contributed by atoms with E-state index in [-0.39, 0.29) is 6.61 Å². The van der Waals surface area contributed by atoms with Gasteiger partial charge in [0.2, 0.25) is 0 Å². The van der Waals surface area contributed by atoms with Gasteiger partial charge < -0.3 is 14.6 Å². The van der Waals surface area contributed by atoms with Gasteiger partial charge >= 0.3 is 0 Å². The van der Waals surface area contributed by atoms with Crippen LogP contribution >= 0.6 is 0 Å². The number of hydrogen-bond acceptors (Lipinski definition) is 5. The van der Waals surface area contributed by atoms with Crippen LogP contribution in [0.25, 0.3) is 11.4 Å². The van der Waals surface area contributed by atoms with Crippen molar-refractivity contribution in [3.8, 4) is 22.9 Å². The van der Waals surface area contributed by atoms with Crippen LogP contribution in [0.15, 0.2) is 36.7 Å². The Labute approximate surface area is 111 Å². The largest absolute Gasteiger partial charge is 0.497 e. The van der Waals surface area contributed by atoms with Crippen LogP contribution in [0.1, 0.15) is 6.92 Å². The molecule has 1 N–H and O–H groups in total. The van der Waals surface area contributed by atoms with Gasteiger partial charge in [0.15, 0.2) is 11.6 Å². The van der Waals surface area contributed by atoms with Crippen molar-refractivity contribution in [2.45, 2.75) is 13.0 Å². The number of aliphatic hydroxyl groups excluding tert-OH is 1. The molecule has 1 atom stereocenters. The summed E-state index contributed by atoms with van der Waals surface area (Å²) >= 11 is 0. The van der Waals surface area contributed by atoms with Gasteiger partial charge in [0, 0.05) is 5.56 Å². The SMILES string of the molecule is COc1ccc(-c2ncc(OCC(C)O)cn2)cc1. The van der Waals surface area contributed by atoms with Gasteiger partial charge in [-0.3, -0.25) is 0 Å². The molecule has 5 nitrogen and oxygen atoms in total. The lowest BCUT2D eigenvalue weighted by molar-refractivity contribution is 0.122. The van der Waals surface area contributed by atoms with Crippen molar-refractivity contribution in [1.82, 2.24) is 9.97 Å². The molecule has 0 bridgehead atoms. The maximum Gasteiger partial charge on any atom is 0.159 e. The average molecular weight is 260 g/mol. The second kappa shape index (κ2) is 6.15. The van der Waals surface area contributed by atoms with Gasteiger partial charge in [0.25, 0.3) is 0 Å². The van der Waals surface area contributed by atoms with E-state index in [9.17, 15) is 0 Å². The number of aliphatic hydroxyl groups is 1. The van der Waals surface area contributed by atoms with Crippen LogP contribution in [0.4, 0.5) is 0 Å². The third kappa shape index (κ3) is 3.66. The van der Waals surface area contributed by atoms with Crippen LogP contribution in [-0.4, -0.2) is 34.9 Å². The molecule has 0 saturated heterocycles. The third-order valence-corrected chi connectivity index (χ3v) is 2.47. The second-order valence-corrected chi connectivity index (χ2v) is 4.13. The summed E-state index contributed by atoms with van der Waals surface area (Å²) in [6.45, 7) is 1.89. The summed E-state index contributed by atoms with van der Waals surface area (Å²) in [6.07, 6.45) is 2.67. The van der Waals surface area contributed by atoms with Crippen LogP contribution in [0.5, 0.6) is 11.5 Å². The Balaban J connectivity index is 2.08. The highest BCUT2D eigenvalue weighted by Gasteiger charge is 2.03. The molecule has 0 fully saturated rings. The number of nitrogens with zero attached hydrogens (tertiary/aromatic N) is 2. The van der Waals surface area contributed by atoms with Crippen molar-refractivity contribution in [3.05, 3.63) is 36.7 Å². The van der Waals surface area contributed by atoms with Gasteiger partial charge in [0.05, 0.1) is 25.6 Å². The Morgan fingerprint density at radius 2 is 1.74 bits per heavy atom. The van der Waals surface area contributed by atoms with Crippen molar-refractivity contribution < 1.29 is 14.6 Å². The van der Waals surface area contributed by atoms with E-state index in [0.717, 1.165) is 11.3 Å². The fraction of sp³-hybridized carbons (Fsp3) is 0.286. The summed E-state index contributed by atoms with van der Waals surface area (Å²) in [5.41, 5.74) is 0.905. The lowest BCUT2D eigenvalue weighted by Gasteiger charge is -2.07. The fourth-order valence-electron chi connectivity index (χ4n) is 1.50. The average Bonchev–Trinajstić information content (AvgIpc) is 2.46. The minimum Gasteiger partial charge on any atom is -0.497 e. The zero-order chi connectivity index (χ0) is 13.7. The van der Waals surface area contributed by atoms with Gasteiger partial charge in [-0.15, -0.1) is 0 Å². The predicted molar refractivity (Wildman–Crippen MR) is 71.2 cm³/mol. The Bertz CT molecular complexity index is 509. The summed E-state index contributed by atoms with van der Waals surface area (Å²) < 4.78 is 10.4. The first-order valence-corrected chi connectivity index (χ1v) is 5.96. The highest BCUT2D eigenvalue weighted by atomic mass is 16.5. The van der Waals surface area contributed by atoms with E-state index in [1.54, 1.807) is 26.4 Å². The molecule has 0 amide bonds. The van der Waals surface area contributed by atoms with Gasteiger partial charge in [-0.25, -0.2) is 9.97 Å². The Morgan fingerprint density at radius 3 is 2.26 bits per heavy atom. The monoisotopic (exact) mass is 260 g/mol. The molecule has 19 heavy (non-hydrogen) atoms. The van der Waals surface area contributed by atoms with E-state index >= 15 is 0 Å². The van der Waals surface area contributed by atoms with Crippen molar-refractivity contribution in [2.75, 3.05) is 13.7 Å². The Morgan fingerprint density at radius 1 is 1.11 bits per heavy atom. The van der Waals surface area contributed by atoms with Crippen molar-refractivity contribution in [3.63, 3.8) is 0 Å².